The van der Waals surface area contributed by atoms with Crippen LogP contribution in [0.4, 0.5) is 18.4 Å². The van der Waals surface area contributed by atoms with Crippen molar-refractivity contribution in [1.82, 2.24) is 4.90 Å². The van der Waals surface area contributed by atoms with Gasteiger partial charge in [-0.2, -0.15) is 4.90 Å². The van der Waals surface area contributed by atoms with Crippen molar-refractivity contribution in [3.05, 3.63) is 46.7 Å². The third-order valence-electron chi connectivity index (χ3n) is 5.07. The Balaban J connectivity index is 2.94. The van der Waals surface area contributed by atoms with Crippen molar-refractivity contribution in [2.24, 2.45) is 4.99 Å². The number of amides is 2. The van der Waals surface area contributed by atoms with E-state index in [2.05, 4.69) is 27.5 Å². The summed E-state index contributed by atoms with van der Waals surface area (Å²) in [5.74, 6) is -2.70. The third kappa shape index (κ3) is 5.11. The second-order valence-electron chi connectivity index (χ2n) is 8.81. The molecule has 0 fully saturated rings. The topological polar surface area (TPSA) is 113 Å². The Morgan fingerprint density at radius 1 is 1.39 bits per heavy atom. The van der Waals surface area contributed by atoms with Crippen molar-refractivity contribution in [3.63, 3.8) is 0 Å². The zero-order chi connectivity index (χ0) is 25.4. The van der Waals surface area contributed by atoms with Crippen LogP contribution in [0.2, 0.25) is 0 Å². The number of alkyl halides is 1. The van der Waals surface area contributed by atoms with Crippen molar-refractivity contribution in [3.8, 4) is 0 Å². The fourth-order valence-electron chi connectivity index (χ4n) is 3.44. The van der Waals surface area contributed by atoms with Crippen LogP contribution in [0.3, 0.4) is 0 Å². The predicted octanol–water partition coefficient (Wildman–Crippen LogP) is 4.83. The van der Waals surface area contributed by atoms with Gasteiger partial charge < -0.3 is 9.84 Å². The number of hydrogen-bond donors (Lipinski definition) is 1. The van der Waals surface area contributed by atoms with Crippen LogP contribution in [0, 0.1) is 5.82 Å². The van der Waals surface area contributed by atoms with E-state index in [1.807, 2.05) is 0 Å². The number of aliphatic imine (C=N–C) groups is 1. The van der Waals surface area contributed by atoms with Crippen LogP contribution >= 0.6 is 15.9 Å². The summed E-state index contributed by atoms with van der Waals surface area (Å²) in [6.07, 6.45) is -2.45. The minimum Gasteiger partial charge on any atom is -0.464 e. The lowest BCUT2D eigenvalue weighted by molar-refractivity contribution is 0.0372. The summed E-state index contributed by atoms with van der Waals surface area (Å²) in [6.45, 7) is 7.63. The van der Waals surface area contributed by atoms with Gasteiger partial charge in [0.05, 0.1) is 5.75 Å². The van der Waals surface area contributed by atoms with Crippen LogP contribution in [0.5, 0.6) is 0 Å². The van der Waals surface area contributed by atoms with Crippen molar-refractivity contribution in [2.45, 2.75) is 50.0 Å². The number of rotatable bonds is 4. The zero-order valence-electron chi connectivity index (χ0n) is 18.6. The molecule has 1 heterocycles. The van der Waals surface area contributed by atoms with Gasteiger partial charge in [0.2, 0.25) is 0 Å². The highest BCUT2D eigenvalue weighted by Gasteiger charge is 2.58. The van der Waals surface area contributed by atoms with Crippen molar-refractivity contribution < 1.29 is 36.6 Å². The SMILES string of the molecule is C=CC[C@]1(C)C(N(C(=O)O)C(=O)OC(C)(C)C)=N[C@](CF)(c2cc(Br)ccc2F)CS1(=O)=O. The number of carbonyl (C=O) groups excluding carboxylic acids is 1. The average Bonchev–Trinajstić information content (AvgIpc) is 2.66. The molecule has 12 heteroatoms. The van der Waals surface area contributed by atoms with E-state index in [4.69, 9.17) is 4.74 Å². The van der Waals surface area contributed by atoms with E-state index in [0.29, 0.717) is 4.47 Å². The third-order valence-corrected chi connectivity index (χ3v) is 8.14. The Hall–Kier alpha value is -2.34. The van der Waals surface area contributed by atoms with Gasteiger partial charge in [-0.15, -0.1) is 6.58 Å². The molecule has 33 heavy (non-hydrogen) atoms. The van der Waals surface area contributed by atoms with E-state index in [0.717, 1.165) is 13.0 Å². The summed E-state index contributed by atoms with van der Waals surface area (Å²) in [7, 11) is -4.42. The zero-order valence-corrected chi connectivity index (χ0v) is 21.0. The van der Waals surface area contributed by atoms with E-state index in [1.165, 1.54) is 39.0 Å². The van der Waals surface area contributed by atoms with Crippen LogP contribution in [-0.2, 0) is 20.1 Å². The Bertz CT molecular complexity index is 1120. The lowest BCUT2D eigenvalue weighted by atomic mass is 9.91. The van der Waals surface area contributed by atoms with Gasteiger partial charge in [0.1, 0.15) is 34.2 Å². The normalized spacial score (nSPS) is 24.5. The second-order valence-corrected chi connectivity index (χ2v) is 12.1. The minimum atomic E-state index is -4.42. The Kier molecular flexibility index (Phi) is 7.44. The fourth-order valence-corrected chi connectivity index (χ4v) is 5.83. The van der Waals surface area contributed by atoms with Gasteiger partial charge in [0, 0.05) is 10.0 Å². The molecule has 0 aliphatic carbocycles. The quantitative estimate of drug-likeness (QED) is 0.537. The highest BCUT2D eigenvalue weighted by molar-refractivity contribution is 9.10. The van der Waals surface area contributed by atoms with E-state index >= 15 is 0 Å². The molecule has 0 saturated carbocycles. The van der Waals surface area contributed by atoms with Gasteiger partial charge >= 0.3 is 12.2 Å². The van der Waals surface area contributed by atoms with Crippen LogP contribution < -0.4 is 0 Å². The highest BCUT2D eigenvalue weighted by Crippen LogP contribution is 2.42. The first kappa shape index (κ1) is 26.9. The average molecular weight is 551 g/mol. The summed E-state index contributed by atoms with van der Waals surface area (Å²) < 4.78 is 59.7. The molecule has 0 unspecified atom stereocenters. The number of sulfone groups is 1. The number of carbonyl (C=O) groups is 2. The number of imide groups is 1. The number of hydrogen-bond acceptors (Lipinski definition) is 6. The number of carboxylic acid groups (broad SMARTS) is 1. The number of nitrogens with zero attached hydrogens (tertiary/aromatic N) is 2. The summed E-state index contributed by atoms with van der Waals surface area (Å²) in [4.78, 5) is 29.1. The number of halogens is 3. The molecule has 2 rings (SSSR count). The predicted molar refractivity (Wildman–Crippen MR) is 122 cm³/mol. The number of benzene rings is 1. The van der Waals surface area contributed by atoms with Crippen LogP contribution in [-0.4, -0.2) is 59.2 Å². The molecule has 0 radical (unpaired) electrons. The largest absolute Gasteiger partial charge is 0.464 e. The van der Waals surface area contributed by atoms with Gasteiger partial charge in [-0.25, -0.2) is 26.8 Å². The van der Waals surface area contributed by atoms with Crippen molar-refractivity contribution in [1.29, 1.82) is 0 Å². The Morgan fingerprint density at radius 2 is 2.00 bits per heavy atom. The molecule has 1 aromatic rings. The first-order valence-corrected chi connectivity index (χ1v) is 12.2. The number of allylic oxidation sites excluding steroid dienone is 1. The molecule has 8 nitrogen and oxygen atoms in total. The monoisotopic (exact) mass is 550 g/mol. The van der Waals surface area contributed by atoms with E-state index in [9.17, 15) is 31.9 Å². The standard InChI is InChI=1S/C21H25BrF2N2O6S/c1-6-9-20(5)16(26(17(27)28)18(29)32-19(2,3)4)25-21(11-23,12-33(20,30)31)14-10-13(22)7-8-15(14)24/h6-8,10H,1,9,11-12H2,2-5H3,(H,27,28)/t20-,21+/m1/s1. The van der Waals surface area contributed by atoms with Gasteiger partial charge in [0.15, 0.2) is 9.84 Å². The molecule has 1 N–H and O–H groups in total. The maximum atomic E-state index is 14.8. The maximum absolute atomic E-state index is 14.8. The lowest BCUT2D eigenvalue weighted by Gasteiger charge is -2.43. The van der Waals surface area contributed by atoms with Crippen LogP contribution in [0.25, 0.3) is 0 Å². The summed E-state index contributed by atoms with van der Waals surface area (Å²) in [5, 5.41) is 9.82. The molecular formula is C21H25BrF2N2O6S. The van der Waals surface area contributed by atoms with E-state index in [1.54, 1.807) is 0 Å². The Labute approximate surface area is 199 Å². The molecule has 0 bridgehead atoms. The molecule has 0 spiro atoms. The molecule has 0 saturated heterocycles. The van der Waals surface area contributed by atoms with Gasteiger partial charge in [-0.3, -0.25) is 4.99 Å². The smallest absolute Gasteiger partial charge is 0.425 e. The second kappa shape index (κ2) is 9.13. The molecule has 2 atom stereocenters. The molecular weight excluding hydrogens is 526 g/mol. The van der Waals surface area contributed by atoms with Gasteiger partial charge in [0.25, 0.3) is 0 Å². The Morgan fingerprint density at radius 3 is 2.48 bits per heavy atom. The first-order valence-electron chi connectivity index (χ1n) is 9.74. The highest BCUT2D eigenvalue weighted by atomic mass is 79.9. The molecule has 1 aliphatic heterocycles. The molecule has 1 aliphatic rings. The molecule has 0 aromatic heterocycles. The summed E-state index contributed by atoms with van der Waals surface area (Å²) >= 11 is 3.14. The fraction of sp³-hybridized carbons (Fsp3) is 0.476. The van der Waals surface area contributed by atoms with Crippen LogP contribution in [0.15, 0.2) is 40.3 Å². The van der Waals surface area contributed by atoms with Gasteiger partial charge in [-0.1, -0.05) is 22.0 Å². The molecule has 182 valence electrons. The van der Waals surface area contributed by atoms with Crippen molar-refractivity contribution >= 4 is 43.8 Å². The number of amidine groups is 1. The first-order chi connectivity index (χ1) is 15.0. The van der Waals surface area contributed by atoms with E-state index < -0.39 is 67.6 Å². The summed E-state index contributed by atoms with van der Waals surface area (Å²) in [5.41, 5.74) is -3.88. The summed E-state index contributed by atoms with van der Waals surface area (Å²) in [6, 6.07) is 3.50. The molecule has 2 amide bonds. The molecule has 1 aromatic carbocycles. The maximum Gasteiger partial charge on any atom is 0.425 e. The van der Waals surface area contributed by atoms with Crippen LogP contribution in [0.1, 0.15) is 39.7 Å². The minimum absolute atomic E-state index is 0.0335. The van der Waals surface area contributed by atoms with Crippen molar-refractivity contribution in [2.75, 3.05) is 12.4 Å². The lowest BCUT2D eigenvalue weighted by Crippen LogP contribution is -2.62. The number of ether oxygens (including phenoxy) is 1. The van der Waals surface area contributed by atoms with E-state index in [-0.39, 0.29) is 11.3 Å². The van der Waals surface area contributed by atoms with Gasteiger partial charge in [-0.05, 0) is 52.3 Å².